The number of carbonyl (C=O) groups excluding carboxylic acids is 1. The summed E-state index contributed by atoms with van der Waals surface area (Å²) in [6.07, 6.45) is 3.61. The van der Waals surface area contributed by atoms with Gasteiger partial charge in [0.15, 0.2) is 0 Å². The van der Waals surface area contributed by atoms with E-state index in [4.69, 9.17) is 4.74 Å². The first-order valence-electron chi connectivity index (χ1n) is 6.28. The number of ether oxygens (including phenoxy) is 1. The molecule has 0 unspecified atom stereocenters. The minimum absolute atomic E-state index is 0.172. The zero-order valence-electron chi connectivity index (χ0n) is 10.6. The molecule has 1 aliphatic carbocycles. The van der Waals surface area contributed by atoms with Crippen LogP contribution in [0.25, 0.3) is 0 Å². The van der Waals surface area contributed by atoms with E-state index in [0.717, 1.165) is 25.7 Å². The van der Waals surface area contributed by atoms with Crippen LogP contribution in [0.1, 0.15) is 36.0 Å². The van der Waals surface area contributed by atoms with Gasteiger partial charge in [-0.05, 0) is 31.0 Å². The van der Waals surface area contributed by atoms with E-state index in [-0.39, 0.29) is 5.91 Å². The first kappa shape index (κ1) is 12.9. The first-order valence-corrected chi connectivity index (χ1v) is 6.28. The number of nitrogens with one attached hydrogen (secondary N) is 1. The van der Waals surface area contributed by atoms with E-state index in [0.29, 0.717) is 17.9 Å². The highest BCUT2D eigenvalue weighted by Gasteiger charge is 2.31. The Balaban J connectivity index is 1.94. The fourth-order valence-corrected chi connectivity index (χ4v) is 2.32. The number of methoxy groups -OCH3 is 1. The van der Waals surface area contributed by atoms with E-state index in [1.54, 1.807) is 31.4 Å². The number of hydrogen-bond acceptors (Lipinski definition) is 3. The molecule has 0 atom stereocenters. The summed E-state index contributed by atoms with van der Waals surface area (Å²) in [5.74, 6) is 0.483. The second-order valence-electron chi connectivity index (χ2n) is 4.85. The summed E-state index contributed by atoms with van der Waals surface area (Å²) in [4.78, 5) is 11.9. The molecule has 0 heterocycles. The zero-order valence-corrected chi connectivity index (χ0v) is 10.6. The van der Waals surface area contributed by atoms with Gasteiger partial charge in [-0.3, -0.25) is 4.79 Å². The predicted octanol–water partition coefficient (Wildman–Crippen LogP) is 1.73. The minimum Gasteiger partial charge on any atom is -0.497 e. The van der Waals surface area contributed by atoms with E-state index in [9.17, 15) is 9.90 Å². The van der Waals surface area contributed by atoms with Gasteiger partial charge in [-0.1, -0.05) is 18.9 Å². The van der Waals surface area contributed by atoms with Crippen molar-refractivity contribution in [3.8, 4) is 5.75 Å². The average Bonchev–Trinajstić information content (AvgIpc) is 2.83. The molecular weight excluding hydrogens is 230 g/mol. The number of hydrogen-bond donors (Lipinski definition) is 2. The van der Waals surface area contributed by atoms with Crippen molar-refractivity contribution in [3.05, 3.63) is 29.8 Å². The predicted molar refractivity (Wildman–Crippen MR) is 68.7 cm³/mol. The Bertz CT molecular complexity index is 425. The zero-order chi connectivity index (χ0) is 13.0. The van der Waals surface area contributed by atoms with Crippen molar-refractivity contribution >= 4 is 5.91 Å². The first-order chi connectivity index (χ1) is 8.63. The third-order valence-electron chi connectivity index (χ3n) is 3.44. The van der Waals surface area contributed by atoms with E-state index in [2.05, 4.69) is 5.32 Å². The standard InChI is InChI=1S/C14H19NO3/c1-18-12-6-4-5-11(9-12)13(16)15-10-14(17)7-2-3-8-14/h4-6,9,17H,2-3,7-8,10H2,1H3,(H,15,16). The molecule has 1 aromatic rings. The van der Waals surface area contributed by atoms with Gasteiger partial charge in [0.05, 0.1) is 12.7 Å². The fraction of sp³-hybridized carbons (Fsp3) is 0.500. The lowest BCUT2D eigenvalue weighted by Gasteiger charge is -2.22. The molecule has 1 aromatic carbocycles. The summed E-state index contributed by atoms with van der Waals surface area (Å²) in [6.45, 7) is 0.322. The topological polar surface area (TPSA) is 58.6 Å². The normalized spacial score (nSPS) is 17.4. The van der Waals surface area contributed by atoms with Gasteiger partial charge in [-0.25, -0.2) is 0 Å². The molecule has 98 valence electrons. The lowest BCUT2D eigenvalue weighted by atomic mass is 10.0. The average molecular weight is 249 g/mol. The van der Waals surface area contributed by atoms with Crippen LogP contribution >= 0.6 is 0 Å². The van der Waals surface area contributed by atoms with Crippen LogP contribution < -0.4 is 10.1 Å². The van der Waals surface area contributed by atoms with Crippen LogP contribution in [0.2, 0.25) is 0 Å². The van der Waals surface area contributed by atoms with Crippen molar-refractivity contribution in [1.82, 2.24) is 5.32 Å². The van der Waals surface area contributed by atoms with Crippen molar-refractivity contribution in [2.75, 3.05) is 13.7 Å². The molecule has 0 aliphatic heterocycles. The number of aliphatic hydroxyl groups is 1. The lowest BCUT2D eigenvalue weighted by molar-refractivity contribution is 0.0449. The van der Waals surface area contributed by atoms with E-state index >= 15 is 0 Å². The molecule has 1 aliphatic rings. The fourth-order valence-electron chi connectivity index (χ4n) is 2.32. The van der Waals surface area contributed by atoms with Gasteiger partial charge in [0.1, 0.15) is 5.75 Å². The highest BCUT2D eigenvalue weighted by atomic mass is 16.5. The number of benzene rings is 1. The molecule has 1 fully saturated rings. The summed E-state index contributed by atoms with van der Waals surface area (Å²) >= 11 is 0. The molecule has 0 spiro atoms. The number of rotatable bonds is 4. The summed E-state index contributed by atoms with van der Waals surface area (Å²) in [5, 5.41) is 12.9. The molecule has 0 radical (unpaired) electrons. The molecule has 18 heavy (non-hydrogen) atoms. The number of amides is 1. The highest BCUT2D eigenvalue weighted by Crippen LogP contribution is 2.28. The Hall–Kier alpha value is -1.55. The maximum absolute atomic E-state index is 11.9. The monoisotopic (exact) mass is 249 g/mol. The molecule has 4 nitrogen and oxygen atoms in total. The van der Waals surface area contributed by atoms with Gasteiger partial charge >= 0.3 is 0 Å². The van der Waals surface area contributed by atoms with Crippen LogP contribution in [0, 0.1) is 0 Å². The highest BCUT2D eigenvalue weighted by molar-refractivity contribution is 5.94. The summed E-state index contributed by atoms with van der Waals surface area (Å²) in [6, 6.07) is 6.99. The van der Waals surface area contributed by atoms with Crippen molar-refractivity contribution in [2.45, 2.75) is 31.3 Å². The Labute approximate surface area is 107 Å². The van der Waals surface area contributed by atoms with Gasteiger partial charge in [0.25, 0.3) is 5.91 Å². The molecular formula is C14H19NO3. The van der Waals surface area contributed by atoms with Crippen molar-refractivity contribution in [3.63, 3.8) is 0 Å². The SMILES string of the molecule is COc1cccc(C(=O)NCC2(O)CCCC2)c1. The molecule has 2 N–H and O–H groups in total. The van der Waals surface area contributed by atoms with Gasteiger partial charge in [-0.2, -0.15) is 0 Å². The quantitative estimate of drug-likeness (QED) is 0.854. The molecule has 2 rings (SSSR count). The van der Waals surface area contributed by atoms with Crippen molar-refractivity contribution < 1.29 is 14.6 Å². The lowest BCUT2D eigenvalue weighted by Crippen LogP contribution is -2.40. The molecule has 0 aromatic heterocycles. The van der Waals surface area contributed by atoms with Crippen molar-refractivity contribution in [1.29, 1.82) is 0 Å². The van der Waals surface area contributed by atoms with Crippen LogP contribution in [0.3, 0.4) is 0 Å². The van der Waals surface area contributed by atoms with E-state index in [1.165, 1.54) is 0 Å². The Morgan fingerprint density at radius 2 is 2.17 bits per heavy atom. The second kappa shape index (κ2) is 5.40. The smallest absolute Gasteiger partial charge is 0.251 e. The third-order valence-corrected chi connectivity index (χ3v) is 3.44. The summed E-state index contributed by atoms with van der Waals surface area (Å²) in [5.41, 5.74) is -0.162. The van der Waals surface area contributed by atoms with Crippen LogP contribution in [0.5, 0.6) is 5.75 Å². The molecule has 1 amide bonds. The van der Waals surface area contributed by atoms with Gasteiger partial charge in [0, 0.05) is 12.1 Å². The van der Waals surface area contributed by atoms with Gasteiger partial charge < -0.3 is 15.2 Å². The second-order valence-corrected chi connectivity index (χ2v) is 4.85. The summed E-state index contributed by atoms with van der Waals surface area (Å²) < 4.78 is 5.07. The van der Waals surface area contributed by atoms with Crippen LogP contribution in [-0.2, 0) is 0 Å². The van der Waals surface area contributed by atoms with Crippen molar-refractivity contribution in [2.24, 2.45) is 0 Å². The van der Waals surface area contributed by atoms with Crippen LogP contribution in [0.15, 0.2) is 24.3 Å². The molecule has 1 saturated carbocycles. The van der Waals surface area contributed by atoms with E-state index in [1.807, 2.05) is 0 Å². The Kier molecular flexibility index (Phi) is 3.87. The van der Waals surface area contributed by atoms with Gasteiger partial charge in [-0.15, -0.1) is 0 Å². The molecule has 0 bridgehead atoms. The van der Waals surface area contributed by atoms with Crippen LogP contribution in [0.4, 0.5) is 0 Å². The summed E-state index contributed by atoms with van der Waals surface area (Å²) in [7, 11) is 1.57. The minimum atomic E-state index is -0.714. The number of carbonyl (C=O) groups is 1. The molecule has 0 saturated heterocycles. The Morgan fingerprint density at radius 1 is 1.44 bits per heavy atom. The van der Waals surface area contributed by atoms with E-state index < -0.39 is 5.60 Å². The largest absolute Gasteiger partial charge is 0.497 e. The Morgan fingerprint density at radius 3 is 2.83 bits per heavy atom. The maximum atomic E-state index is 11.9. The van der Waals surface area contributed by atoms with Gasteiger partial charge in [0.2, 0.25) is 0 Å². The van der Waals surface area contributed by atoms with Crippen LogP contribution in [-0.4, -0.2) is 30.3 Å². The third kappa shape index (κ3) is 3.01. The molecule has 4 heteroatoms. The maximum Gasteiger partial charge on any atom is 0.251 e.